The number of pyridine rings is 1. The minimum atomic E-state index is -4.57. The van der Waals surface area contributed by atoms with Gasteiger partial charge in [-0.25, -0.2) is 18.1 Å². The first-order valence-corrected chi connectivity index (χ1v) is 21.0. The minimum Gasteiger partial charge on any atom is -0.455 e. The average Bonchev–Trinajstić information content (AvgIpc) is 3.92. The molecule has 2 aliphatic heterocycles. The van der Waals surface area contributed by atoms with E-state index in [4.69, 9.17) is 32.7 Å². The Bertz CT molecular complexity index is 2620. The van der Waals surface area contributed by atoms with Gasteiger partial charge in [-0.1, -0.05) is 47.5 Å². The van der Waals surface area contributed by atoms with Crippen LogP contribution in [0.2, 0.25) is 10.0 Å². The molecule has 2 fully saturated rings. The average molecular weight is 842 g/mol. The number of aromatic amines is 1. The van der Waals surface area contributed by atoms with Crippen molar-refractivity contribution in [3.05, 3.63) is 135 Å². The highest BCUT2D eigenvalue weighted by Gasteiger charge is 2.28. The Morgan fingerprint density at radius 1 is 0.948 bits per heavy atom. The van der Waals surface area contributed by atoms with Crippen LogP contribution >= 0.6 is 23.2 Å². The monoisotopic (exact) mass is 840 g/mol. The van der Waals surface area contributed by atoms with Gasteiger partial charge in [0.1, 0.15) is 22.8 Å². The Morgan fingerprint density at radius 2 is 1.74 bits per heavy atom. The number of amides is 1. The van der Waals surface area contributed by atoms with E-state index in [0.29, 0.717) is 46.8 Å². The number of hydrogen-bond donors (Lipinski definition) is 3. The van der Waals surface area contributed by atoms with Crippen molar-refractivity contribution >= 4 is 67.2 Å². The van der Waals surface area contributed by atoms with E-state index in [-0.39, 0.29) is 29.0 Å². The molecule has 4 heterocycles. The van der Waals surface area contributed by atoms with Gasteiger partial charge in [-0.2, -0.15) is 0 Å². The number of benzene rings is 4. The van der Waals surface area contributed by atoms with E-state index >= 15 is 0 Å². The number of H-pyrrole nitrogens is 1. The molecular formula is C42H38Cl2N6O7S. The fourth-order valence-electron chi connectivity index (χ4n) is 7.48. The van der Waals surface area contributed by atoms with E-state index in [0.717, 1.165) is 60.5 Å². The van der Waals surface area contributed by atoms with E-state index in [2.05, 4.69) is 24.9 Å². The predicted molar refractivity (Wildman–Crippen MR) is 224 cm³/mol. The van der Waals surface area contributed by atoms with Crippen molar-refractivity contribution in [2.75, 3.05) is 36.5 Å². The van der Waals surface area contributed by atoms with Crippen molar-refractivity contribution in [3.8, 4) is 22.6 Å². The maximum Gasteiger partial charge on any atom is 0.293 e. The molecular weight excluding hydrogens is 803 g/mol. The summed E-state index contributed by atoms with van der Waals surface area (Å²) >= 11 is 12.5. The van der Waals surface area contributed by atoms with Gasteiger partial charge in [-0.3, -0.25) is 14.9 Å². The molecule has 0 radical (unpaired) electrons. The number of nitrogens with one attached hydrogen (secondary N) is 3. The van der Waals surface area contributed by atoms with E-state index in [9.17, 15) is 23.3 Å². The van der Waals surface area contributed by atoms with Crippen molar-refractivity contribution in [2.45, 2.75) is 36.6 Å². The number of halogens is 2. The fraction of sp³-hybridized carbons (Fsp3) is 0.238. The Labute approximate surface area is 344 Å². The second-order valence-corrected chi connectivity index (χ2v) is 16.8. The predicted octanol–water partition coefficient (Wildman–Crippen LogP) is 9.54. The summed E-state index contributed by atoms with van der Waals surface area (Å²) in [5.41, 5.74) is 3.98. The number of nitro groups is 1. The van der Waals surface area contributed by atoms with E-state index in [1.165, 1.54) is 24.4 Å². The smallest absolute Gasteiger partial charge is 0.293 e. The lowest BCUT2D eigenvalue weighted by molar-refractivity contribution is -0.384. The normalized spacial score (nSPS) is 16.0. The molecule has 3 N–H and O–H groups in total. The first-order valence-electron chi connectivity index (χ1n) is 18.8. The molecule has 2 aromatic heterocycles. The van der Waals surface area contributed by atoms with Gasteiger partial charge in [-0.05, 0) is 109 Å². The third-order valence-corrected chi connectivity index (χ3v) is 12.6. The standard InChI is InChI=1S/C42H38Cl2N6O7S/c43-35-11-6-29(21-36(35)44)38-2-1-17-49(38)31-7-3-27(4-8-31)28-5-10-34(40(22-28)57-32-20-30-13-16-45-41(30)47-25-32)42(51)48-58(54,55)33-9-12-37(39(23-33)50(52)53)46-24-26-14-18-56-19-15-26/h3-13,16,20-23,25-26,38,46H,1-2,14-15,17-19,24H2,(H,45,47)(H,48,51). The second-order valence-electron chi connectivity index (χ2n) is 14.3. The molecule has 6 aromatic rings. The van der Waals surface area contributed by atoms with Crippen LogP contribution in [0.1, 0.15) is 47.6 Å². The fourth-order valence-corrected chi connectivity index (χ4v) is 8.78. The molecule has 1 atom stereocenters. The van der Waals surface area contributed by atoms with Gasteiger partial charge in [0.2, 0.25) is 0 Å². The highest BCUT2D eigenvalue weighted by Crippen LogP contribution is 2.40. The zero-order valence-electron chi connectivity index (χ0n) is 31.0. The van der Waals surface area contributed by atoms with Crippen molar-refractivity contribution in [3.63, 3.8) is 0 Å². The van der Waals surface area contributed by atoms with Crippen LogP contribution in [-0.4, -0.2) is 55.5 Å². The lowest BCUT2D eigenvalue weighted by Gasteiger charge is -2.27. The van der Waals surface area contributed by atoms with Crippen LogP contribution in [0.15, 0.2) is 108 Å². The number of nitrogens with zero attached hydrogens (tertiary/aromatic N) is 3. The quantitative estimate of drug-likeness (QED) is 0.0797. The molecule has 8 rings (SSSR count). The van der Waals surface area contributed by atoms with Crippen LogP contribution in [-0.2, 0) is 14.8 Å². The van der Waals surface area contributed by atoms with Crippen LogP contribution in [0.4, 0.5) is 17.1 Å². The number of carbonyl (C=O) groups excluding carboxylic acids is 1. The van der Waals surface area contributed by atoms with Crippen LogP contribution in [0, 0.1) is 16.0 Å². The molecule has 2 aliphatic rings. The summed E-state index contributed by atoms with van der Waals surface area (Å²) in [6, 6.07) is 25.8. The van der Waals surface area contributed by atoms with Gasteiger partial charge in [-0.15, -0.1) is 0 Å². The summed E-state index contributed by atoms with van der Waals surface area (Å²) in [5, 5.41) is 16.9. The summed E-state index contributed by atoms with van der Waals surface area (Å²) < 4.78 is 40.9. The number of ether oxygens (including phenoxy) is 2. The number of carbonyl (C=O) groups is 1. The third-order valence-electron chi connectivity index (χ3n) is 10.6. The first kappa shape index (κ1) is 39.2. The number of fused-ring (bicyclic) bond motifs is 1. The molecule has 1 amide bonds. The topological polar surface area (TPSA) is 169 Å². The molecule has 0 saturated carbocycles. The number of nitro benzene ring substituents is 1. The van der Waals surface area contributed by atoms with Crippen molar-refractivity contribution in [2.24, 2.45) is 5.92 Å². The lowest BCUT2D eigenvalue weighted by Crippen LogP contribution is -2.31. The Hall–Kier alpha value is -5.67. The molecule has 298 valence electrons. The van der Waals surface area contributed by atoms with Crippen molar-refractivity contribution < 1.29 is 27.6 Å². The first-order chi connectivity index (χ1) is 28.0. The third kappa shape index (κ3) is 8.46. The van der Waals surface area contributed by atoms with Crippen molar-refractivity contribution in [1.29, 1.82) is 0 Å². The molecule has 16 heteroatoms. The lowest BCUT2D eigenvalue weighted by atomic mass is 10.0. The highest BCUT2D eigenvalue weighted by molar-refractivity contribution is 7.90. The zero-order valence-corrected chi connectivity index (χ0v) is 33.3. The summed E-state index contributed by atoms with van der Waals surface area (Å²) in [4.78, 5) is 34.5. The van der Waals surface area contributed by atoms with E-state index in [1.807, 2.05) is 48.5 Å². The van der Waals surface area contributed by atoms with Gasteiger partial charge in [0.05, 0.1) is 37.7 Å². The van der Waals surface area contributed by atoms with Crippen LogP contribution in [0.5, 0.6) is 11.5 Å². The van der Waals surface area contributed by atoms with Gasteiger partial charge in [0.25, 0.3) is 21.6 Å². The summed E-state index contributed by atoms with van der Waals surface area (Å²) in [6.07, 6.45) is 6.86. The Kier molecular flexibility index (Phi) is 11.3. The molecule has 0 aliphatic carbocycles. The zero-order chi connectivity index (χ0) is 40.4. The molecule has 0 spiro atoms. The summed E-state index contributed by atoms with van der Waals surface area (Å²) in [5.74, 6) is -0.329. The van der Waals surface area contributed by atoms with Gasteiger partial charge < -0.3 is 24.7 Å². The van der Waals surface area contributed by atoms with Crippen LogP contribution in [0.25, 0.3) is 22.2 Å². The molecule has 13 nitrogen and oxygen atoms in total. The van der Waals surface area contributed by atoms with Gasteiger partial charge in [0.15, 0.2) is 0 Å². The number of rotatable bonds is 12. The number of hydrogen-bond acceptors (Lipinski definition) is 10. The molecule has 0 bridgehead atoms. The molecule has 2 saturated heterocycles. The van der Waals surface area contributed by atoms with E-state index < -0.39 is 31.4 Å². The summed E-state index contributed by atoms with van der Waals surface area (Å²) in [7, 11) is -4.57. The molecule has 58 heavy (non-hydrogen) atoms. The molecule has 1 unspecified atom stereocenters. The molecule has 4 aromatic carbocycles. The maximum absolute atomic E-state index is 13.8. The van der Waals surface area contributed by atoms with Gasteiger partial charge in [0, 0.05) is 49.6 Å². The SMILES string of the molecule is O=C(NS(=O)(=O)c1ccc(NCC2CCOCC2)c([N+](=O)[O-])c1)c1ccc(-c2ccc(N3CCCC3c3ccc(Cl)c(Cl)c3)cc2)cc1Oc1cnc2[nH]ccc2c1. The van der Waals surface area contributed by atoms with Crippen molar-refractivity contribution in [1.82, 2.24) is 14.7 Å². The number of aromatic nitrogens is 2. The summed E-state index contributed by atoms with van der Waals surface area (Å²) in [6.45, 7) is 2.59. The Morgan fingerprint density at radius 3 is 2.52 bits per heavy atom. The second kappa shape index (κ2) is 16.7. The largest absolute Gasteiger partial charge is 0.455 e. The number of anilines is 2. The number of sulfonamides is 1. The van der Waals surface area contributed by atoms with Gasteiger partial charge >= 0.3 is 0 Å². The van der Waals surface area contributed by atoms with Crippen LogP contribution in [0.3, 0.4) is 0 Å². The van der Waals surface area contributed by atoms with E-state index in [1.54, 1.807) is 24.4 Å². The minimum absolute atomic E-state index is 0.0730. The maximum atomic E-state index is 13.8. The van der Waals surface area contributed by atoms with Crippen LogP contribution < -0.4 is 19.7 Å². The highest BCUT2D eigenvalue weighted by atomic mass is 35.5. The Balaban J connectivity index is 1.06.